The van der Waals surface area contributed by atoms with E-state index in [1.54, 1.807) is 12.2 Å². The van der Waals surface area contributed by atoms with Crippen LogP contribution in [-0.4, -0.2) is 23.0 Å². The molecule has 0 aliphatic carbocycles. The zero-order valence-electron chi connectivity index (χ0n) is 10.6. The van der Waals surface area contributed by atoms with Crippen molar-refractivity contribution in [3.8, 4) is 0 Å². The van der Waals surface area contributed by atoms with Crippen LogP contribution in [-0.2, 0) is 4.79 Å². The average molecular weight is 304 g/mol. The molecule has 0 bridgehead atoms. The van der Waals surface area contributed by atoms with Crippen LogP contribution in [0.25, 0.3) is 10.9 Å². The predicted octanol–water partition coefficient (Wildman–Crippen LogP) is 3.68. The Labute approximate surface area is 115 Å². The number of carbonyl (C=O) groups is 1. The van der Waals surface area contributed by atoms with E-state index in [9.17, 15) is 26.7 Å². The summed E-state index contributed by atoms with van der Waals surface area (Å²) < 4.78 is 62.3. The van der Waals surface area contributed by atoms with Crippen LogP contribution < -0.4 is 5.32 Å². The van der Waals surface area contributed by atoms with E-state index < -0.39 is 18.0 Å². The number of amides is 1. The zero-order chi connectivity index (χ0) is 15.8. The van der Waals surface area contributed by atoms with Gasteiger partial charge in [0.2, 0.25) is 0 Å². The van der Waals surface area contributed by atoms with E-state index in [0.717, 1.165) is 0 Å². The van der Waals surface area contributed by atoms with Gasteiger partial charge in [0, 0.05) is 11.6 Å². The Hall–Kier alpha value is -2.25. The highest BCUT2D eigenvalue weighted by Gasteiger charge is 2.63. The molecule has 3 nitrogen and oxygen atoms in total. The smallest absolute Gasteiger partial charge is 0.320 e. The van der Waals surface area contributed by atoms with Crippen LogP contribution in [0, 0.1) is 6.92 Å². The second kappa shape index (κ2) is 4.94. The molecular formula is C13H9F5N2O. The number of carbonyl (C=O) groups excluding carboxylic acids is 1. The Morgan fingerprint density at radius 1 is 1.14 bits per heavy atom. The van der Waals surface area contributed by atoms with Crippen molar-refractivity contribution >= 4 is 22.5 Å². The second-order valence-electron chi connectivity index (χ2n) is 4.36. The van der Waals surface area contributed by atoms with Gasteiger partial charge >= 0.3 is 18.0 Å². The summed E-state index contributed by atoms with van der Waals surface area (Å²) in [4.78, 5) is 15.2. The Bertz CT molecular complexity index is 697. The number of anilines is 1. The van der Waals surface area contributed by atoms with E-state index in [2.05, 4.69) is 4.98 Å². The summed E-state index contributed by atoms with van der Waals surface area (Å²) >= 11 is 0. The molecule has 8 heteroatoms. The fourth-order valence-electron chi connectivity index (χ4n) is 1.75. The molecule has 21 heavy (non-hydrogen) atoms. The maximum atomic E-state index is 12.9. The number of aromatic nitrogens is 1. The molecule has 112 valence electrons. The lowest BCUT2D eigenvalue weighted by Crippen LogP contribution is -2.47. The van der Waals surface area contributed by atoms with Crippen LogP contribution in [0.3, 0.4) is 0 Å². The Balaban J connectivity index is 2.42. The van der Waals surface area contributed by atoms with E-state index in [1.807, 2.05) is 0 Å². The van der Waals surface area contributed by atoms with Crippen molar-refractivity contribution in [1.82, 2.24) is 4.98 Å². The van der Waals surface area contributed by atoms with Crippen molar-refractivity contribution in [3.63, 3.8) is 0 Å². The summed E-state index contributed by atoms with van der Waals surface area (Å²) in [5, 5.41) is 1.89. The number of benzene rings is 1. The van der Waals surface area contributed by atoms with Crippen LogP contribution in [0.15, 0.2) is 30.5 Å². The standard InChI is InChI=1S/C13H9F5N2O/c1-7-4-5-9(8-3-2-6-19-10(7)8)20-11(21)12(14,15)13(16,17)18/h2-6H,1H3,(H,20,21). The fourth-order valence-corrected chi connectivity index (χ4v) is 1.75. The van der Waals surface area contributed by atoms with Crippen molar-refractivity contribution < 1.29 is 26.7 Å². The van der Waals surface area contributed by atoms with Crippen LogP contribution in [0.2, 0.25) is 0 Å². The number of aryl methyl sites for hydroxylation is 1. The molecular weight excluding hydrogens is 295 g/mol. The highest BCUT2D eigenvalue weighted by atomic mass is 19.4. The lowest BCUT2D eigenvalue weighted by atomic mass is 10.1. The molecule has 1 heterocycles. The molecule has 0 aliphatic heterocycles. The van der Waals surface area contributed by atoms with E-state index in [0.29, 0.717) is 11.1 Å². The van der Waals surface area contributed by atoms with Crippen molar-refractivity contribution in [1.29, 1.82) is 0 Å². The van der Waals surface area contributed by atoms with Crippen molar-refractivity contribution in [2.24, 2.45) is 0 Å². The van der Waals surface area contributed by atoms with Crippen molar-refractivity contribution in [2.75, 3.05) is 5.32 Å². The number of hydrogen-bond acceptors (Lipinski definition) is 2. The van der Waals surface area contributed by atoms with Gasteiger partial charge in [-0.2, -0.15) is 22.0 Å². The van der Waals surface area contributed by atoms with Crippen molar-refractivity contribution in [3.05, 3.63) is 36.0 Å². The van der Waals surface area contributed by atoms with Crippen LogP contribution >= 0.6 is 0 Å². The highest BCUT2D eigenvalue weighted by Crippen LogP contribution is 2.37. The molecule has 0 saturated carbocycles. The SMILES string of the molecule is Cc1ccc(NC(=O)C(F)(F)C(F)(F)F)c2cccnc12. The Morgan fingerprint density at radius 2 is 1.81 bits per heavy atom. The number of halogens is 5. The molecule has 0 spiro atoms. The molecule has 2 aromatic rings. The maximum Gasteiger partial charge on any atom is 0.463 e. The van der Waals surface area contributed by atoms with Gasteiger partial charge in [0.15, 0.2) is 0 Å². The molecule has 1 amide bonds. The predicted molar refractivity (Wildman–Crippen MR) is 66.1 cm³/mol. The first-order valence-electron chi connectivity index (χ1n) is 5.75. The molecule has 0 radical (unpaired) electrons. The maximum absolute atomic E-state index is 12.9. The monoisotopic (exact) mass is 304 g/mol. The topological polar surface area (TPSA) is 42.0 Å². The van der Waals surface area contributed by atoms with Gasteiger partial charge in [-0.05, 0) is 30.7 Å². The number of fused-ring (bicyclic) bond motifs is 1. The number of hydrogen-bond donors (Lipinski definition) is 1. The van der Waals surface area contributed by atoms with E-state index in [4.69, 9.17) is 0 Å². The summed E-state index contributed by atoms with van der Waals surface area (Å²) in [5.74, 6) is -7.89. The van der Waals surface area contributed by atoms with Gasteiger partial charge in [0.05, 0.1) is 11.2 Å². The third-order valence-electron chi connectivity index (χ3n) is 2.86. The molecule has 0 fully saturated rings. The summed E-state index contributed by atoms with van der Waals surface area (Å²) in [6, 6.07) is 5.68. The fraction of sp³-hybridized carbons (Fsp3) is 0.231. The Morgan fingerprint density at radius 3 is 2.43 bits per heavy atom. The first-order chi connectivity index (χ1) is 9.64. The second-order valence-corrected chi connectivity index (χ2v) is 4.36. The Kier molecular flexibility index (Phi) is 3.56. The van der Waals surface area contributed by atoms with Crippen LogP contribution in [0.1, 0.15) is 5.56 Å². The molecule has 0 atom stereocenters. The number of nitrogens with one attached hydrogen (secondary N) is 1. The zero-order valence-corrected chi connectivity index (χ0v) is 10.6. The third-order valence-corrected chi connectivity index (χ3v) is 2.86. The summed E-state index contributed by atoms with van der Waals surface area (Å²) in [5.41, 5.74) is 0.953. The third kappa shape index (κ3) is 2.65. The lowest BCUT2D eigenvalue weighted by Gasteiger charge is -2.19. The van der Waals surface area contributed by atoms with Gasteiger partial charge in [-0.1, -0.05) is 6.07 Å². The minimum Gasteiger partial charge on any atom is -0.320 e. The van der Waals surface area contributed by atoms with Gasteiger partial charge < -0.3 is 5.32 Å². The number of nitrogens with zero attached hydrogens (tertiary/aromatic N) is 1. The molecule has 1 N–H and O–H groups in total. The normalized spacial score (nSPS) is 12.5. The van der Waals surface area contributed by atoms with Gasteiger partial charge in [-0.15, -0.1) is 0 Å². The van der Waals surface area contributed by atoms with E-state index >= 15 is 0 Å². The molecule has 0 unspecified atom stereocenters. The van der Waals surface area contributed by atoms with E-state index in [1.165, 1.54) is 30.5 Å². The number of rotatable bonds is 2. The van der Waals surface area contributed by atoms with Crippen molar-refractivity contribution in [2.45, 2.75) is 19.0 Å². The minimum absolute atomic E-state index is 0.155. The first kappa shape index (κ1) is 15.1. The van der Waals surface area contributed by atoms with Gasteiger partial charge in [-0.25, -0.2) is 0 Å². The summed E-state index contributed by atoms with van der Waals surface area (Å²) in [6.45, 7) is 1.70. The number of pyridine rings is 1. The average Bonchev–Trinajstić information content (AvgIpc) is 2.41. The first-order valence-corrected chi connectivity index (χ1v) is 5.75. The largest absolute Gasteiger partial charge is 0.463 e. The summed E-state index contributed by atoms with van der Waals surface area (Å²) in [6.07, 6.45) is -4.50. The van der Waals surface area contributed by atoms with Gasteiger partial charge in [-0.3, -0.25) is 9.78 Å². The molecule has 1 aromatic heterocycles. The summed E-state index contributed by atoms with van der Waals surface area (Å²) in [7, 11) is 0. The molecule has 0 aliphatic rings. The van der Waals surface area contributed by atoms with Crippen LogP contribution in [0.4, 0.5) is 27.6 Å². The molecule has 2 rings (SSSR count). The van der Waals surface area contributed by atoms with Gasteiger partial charge in [0.25, 0.3) is 0 Å². The van der Waals surface area contributed by atoms with E-state index in [-0.39, 0.29) is 11.1 Å². The molecule has 1 aromatic carbocycles. The number of alkyl halides is 5. The lowest BCUT2D eigenvalue weighted by molar-refractivity contribution is -0.267. The highest BCUT2D eigenvalue weighted by molar-refractivity contribution is 6.04. The van der Waals surface area contributed by atoms with Crippen LogP contribution in [0.5, 0.6) is 0 Å². The van der Waals surface area contributed by atoms with Gasteiger partial charge in [0.1, 0.15) is 0 Å². The quantitative estimate of drug-likeness (QED) is 0.860. The minimum atomic E-state index is -5.95. The molecule has 0 saturated heterocycles.